The topological polar surface area (TPSA) is 79.4 Å². The van der Waals surface area contributed by atoms with Crippen molar-refractivity contribution in [3.63, 3.8) is 0 Å². The lowest BCUT2D eigenvalue weighted by Gasteiger charge is -2.10. The van der Waals surface area contributed by atoms with Crippen LogP contribution in [0.1, 0.15) is 6.42 Å². The number of amides is 1. The molecule has 2 aromatic carbocycles. The Hall–Kier alpha value is -2.01. The van der Waals surface area contributed by atoms with Crippen molar-refractivity contribution in [3.8, 4) is 0 Å². The van der Waals surface area contributed by atoms with Crippen LogP contribution in [0.5, 0.6) is 0 Å². The largest absolute Gasteiger partial charge is 0.302 e. The maximum absolute atomic E-state index is 12.9. The molecule has 0 aliphatic heterocycles. The minimum Gasteiger partial charge on any atom is -0.302 e. The zero-order chi connectivity index (χ0) is 20.3. The van der Waals surface area contributed by atoms with E-state index in [0.29, 0.717) is 21.1 Å². The molecule has 1 N–H and O–H groups in total. The number of nitrogens with zero attached hydrogens (tertiary/aromatic N) is 2. The van der Waals surface area contributed by atoms with Crippen LogP contribution in [0.3, 0.4) is 0 Å². The maximum Gasteiger partial charge on any atom is 0.242 e. The van der Waals surface area contributed by atoms with Gasteiger partial charge in [-0.15, -0.1) is 11.8 Å². The van der Waals surface area contributed by atoms with Gasteiger partial charge in [0, 0.05) is 31.2 Å². The second-order valence-electron chi connectivity index (χ2n) is 6.04. The first kappa shape index (κ1) is 20.7. The smallest absolute Gasteiger partial charge is 0.242 e. The Morgan fingerprint density at radius 1 is 1.21 bits per heavy atom. The van der Waals surface area contributed by atoms with E-state index in [2.05, 4.69) is 10.3 Å². The summed E-state index contributed by atoms with van der Waals surface area (Å²) >= 11 is 2.69. The summed E-state index contributed by atoms with van der Waals surface area (Å²) < 4.78 is 39.2. The van der Waals surface area contributed by atoms with Gasteiger partial charge in [-0.2, -0.15) is 0 Å². The Bertz CT molecular complexity index is 1100. The number of sulfonamides is 1. The summed E-state index contributed by atoms with van der Waals surface area (Å²) in [6, 6.07) is 10.8. The number of aromatic nitrogens is 1. The first-order valence-electron chi connectivity index (χ1n) is 8.27. The van der Waals surface area contributed by atoms with E-state index in [-0.39, 0.29) is 23.0 Å². The Labute approximate surface area is 170 Å². The molecule has 0 fully saturated rings. The lowest BCUT2D eigenvalue weighted by molar-refractivity contribution is -0.115. The van der Waals surface area contributed by atoms with Crippen LogP contribution in [-0.2, 0) is 14.8 Å². The summed E-state index contributed by atoms with van der Waals surface area (Å²) in [5, 5.41) is 3.17. The van der Waals surface area contributed by atoms with Crippen LogP contribution in [0, 0.1) is 5.82 Å². The van der Waals surface area contributed by atoms with Crippen LogP contribution >= 0.6 is 23.1 Å². The van der Waals surface area contributed by atoms with E-state index in [1.54, 1.807) is 24.3 Å². The van der Waals surface area contributed by atoms with Crippen molar-refractivity contribution in [1.29, 1.82) is 0 Å². The second-order valence-corrected chi connectivity index (χ2v) is 10.4. The van der Waals surface area contributed by atoms with Gasteiger partial charge >= 0.3 is 0 Å². The van der Waals surface area contributed by atoms with Crippen molar-refractivity contribution in [2.75, 3.05) is 25.2 Å². The molecule has 0 atom stereocenters. The number of anilines is 1. The van der Waals surface area contributed by atoms with E-state index in [4.69, 9.17) is 0 Å². The monoisotopic (exact) mass is 439 g/mol. The molecule has 3 rings (SSSR count). The molecule has 1 aromatic heterocycles. The molecule has 0 spiro atoms. The van der Waals surface area contributed by atoms with Crippen molar-refractivity contribution >= 4 is 54.4 Å². The average Bonchev–Trinajstić information content (AvgIpc) is 3.04. The van der Waals surface area contributed by atoms with E-state index < -0.39 is 10.0 Å². The number of halogens is 1. The van der Waals surface area contributed by atoms with E-state index in [9.17, 15) is 17.6 Å². The van der Waals surface area contributed by atoms with Crippen LogP contribution < -0.4 is 5.32 Å². The van der Waals surface area contributed by atoms with E-state index in [1.165, 1.54) is 55.4 Å². The van der Waals surface area contributed by atoms with Gasteiger partial charge in [0.2, 0.25) is 15.9 Å². The third-order valence-electron chi connectivity index (χ3n) is 3.80. The van der Waals surface area contributed by atoms with Crippen LogP contribution in [0.25, 0.3) is 10.2 Å². The Morgan fingerprint density at radius 3 is 2.61 bits per heavy atom. The number of thiazole rings is 1. The number of benzene rings is 2. The molecular formula is C18H18FN3O3S3. The minimum absolute atomic E-state index is 0.183. The fraction of sp³-hybridized carbons (Fsp3) is 0.222. The standard InChI is InChI=1S/C18H18FN3O3S3/c1-22(2)28(24,25)14-7-8-15-16(11-14)27-18(20-15)21-17(23)9-10-26-13-5-3-12(19)4-6-13/h3-8,11H,9-10H2,1-2H3,(H,20,21,23). The van der Waals surface area contributed by atoms with E-state index in [1.807, 2.05) is 0 Å². The molecule has 10 heteroatoms. The van der Waals surface area contributed by atoms with Gasteiger partial charge in [0.1, 0.15) is 5.82 Å². The fourth-order valence-corrected chi connectivity index (χ4v) is 5.08. The summed E-state index contributed by atoms with van der Waals surface area (Å²) in [5.41, 5.74) is 0.624. The SMILES string of the molecule is CN(C)S(=O)(=O)c1ccc2nc(NC(=O)CCSc3ccc(F)cc3)sc2c1. The van der Waals surface area contributed by atoms with E-state index >= 15 is 0 Å². The Kier molecular flexibility index (Phi) is 6.33. The number of hydrogen-bond donors (Lipinski definition) is 1. The zero-order valence-electron chi connectivity index (χ0n) is 15.2. The van der Waals surface area contributed by atoms with Gasteiger partial charge < -0.3 is 5.32 Å². The Balaban J connectivity index is 1.62. The van der Waals surface area contributed by atoms with Crippen LogP contribution in [0.4, 0.5) is 9.52 Å². The fourth-order valence-electron chi connectivity index (χ4n) is 2.30. The van der Waals surface area contributed by atoms with Crippen LogP contribution in [-0.4, -0.2) is 43.5 Å². The van der Waals surface area contributed by atoms with Crippen molar-refractivity contribution in [2.24, 2.45) is 0 Å². The van der Waals surface area contributed by atoms with Gasteiger partial charge in [-0.25, -0.2) is 22.1 Å². The molecule has 3 aromatic rings. The van der Waals surface area contributed by atoms with Gasteiger partial charge in [-0.3, -0.25) is 4.79 Å². The molecule has 0 unspecified atom stereocenters. The number of hydrogen-bond acceptors (Lipinski definition) is 6. The van der Waals surface area contributed by atoms with Gasteiger partial charge in [-0.05, 0) is 42.5 Å². The van der Waals surface area contributed by atoms with Crippen molar-refractivity contribution in [1.82, 2.24) is 9.29 Å². The lowest BCUT2D eigenvalue weighted by Crippen LogP contribution is -2.22. The number of carbonyl (C=O) groups is 1. The normalized spacial score (nSPS) is 11.9. The molecule has 0 bridgehead atoms. The summed E-state index contributed by atoms with van der Waals surface area (Å²) in [6.07, 6.45) is 0.276. The second kappa shape index (κ2) is 8.56. The molecule has 0 aliphatic rings. The average molecular weight is 440 g/mol. The van der Waals surface area contributed by atoms with Crippen molar-refractivity contribution < 1.29 is 17.6 Å². The molecular weight excluding hydrogens is 421 g/mol. The van der Waals surface area contributed by atoms with Gasteiger partial charge in [0.25, 0.3) is 0 Å². The molecule has 148 valence electrons. The highest BCUT2D eigenvalue weighted by molar-refractivity contribution is 7.99. The summed E-state index contributed by atoms with van der Waals surface area (Å²) in [5.74, 6) is 0.0717. The number of carbonyl (C=O) groups excluding carboxylic acids is 1. The zero-order valence-corrected chi connectivity index (χ0v) is 17.6. The number of nitrogens with one attached hydrogen (secondary N) is 1. The molecule has 1 amide bonds. The third-order valence-corrected chi connectivity index (χ3v) is 7.55. The van der Waals surface area contributed by atoms with Gasteiger partial charge in [0.15, 0.2) is 5.13 Å². The molecule has 28 heavy (non-hydrogen) atoms. The quantitative estimate of drug-likeness (QED) is 0.567. The highest BCUT2D eigenvalue weighted by Crippen LogP contribution is 2.29. The molecule has 0 saturated carbocycles. The summed E-state index contributed by atoms with van der Waals surface area (Å²) in [4.78, 5) is 17.5. The first-order valence-corrected chi connectivity index (χ1v) is 11.5. The van der Waals surface area contributed by atoms with Gasteiger partial charge in [-0.1, -0.05) is 11.3 Å². The first-order chi connectivity index (χ1) is 13.3. The van der Waals surface area contributed by atoms with Crippen molar-refractivity contribution in [2.45, 2.75) is 16.2 Å². The summed E-state index contributed by atoms with van der Waals surface area (Å²) in [7, 11) is -0.577. The van der Waals surface area contributed by atoms with Crippen LogP contribution in [0.2, 0.25) is 0 Å². The molecule has 0 aliphatic carbocycles. The highest BCUT2D eigenvalue weighted by Gasteiger charge is 2.18. The number of fused-ring (bicyclic) bond motifs is 1. The van der Waals surface area contributed by atoms with Crippen molar-refractivity contribution in [3.05, 3.63) is 48.3 Å². The minimum atomic E-state index is -3.52. The predicted molar refractivity (Wildman–Crippen MR) is 111 cm³/mol. The summed E-state index contributed by atoms with van der Waals surface area (Å²) in [6.45, 7) is 0. The molecule has 0 saturated heterocycles. The molecule has 6 nitrogen and oxygen atoms in total. The lowest BCUT2D eigenvalue weighted by atomic mass is 10.3. The van der Waals surface area contributed by atoms with E-state index in [0.717, 1.165) is 9.20 Å². The number of thioether (sulfide) groups is 1. The number of rotatable bonds is 7. The molecule has 1 heterocycles. The highest BCUT2D eigenvalue weighted by atomic mass is 32.2. The molecule has 0 radical (unpaired) electrons. The predicted octanol–water partition coefficient (Wildman–Crippen LogP) is 3.81. The third kappa shape index (κ3) is 4.88. The maximum atomic E-state index is 12.9. The Morgan fingerprint density at radius 2 is 1.93 bits per heavy atom. The van der Waals surface area contributed by atoms with Crippen LogP contribution in [0.15, 0.2) is 52.3 Å². The van der Waals surface area contributed by atoms with Gasteiger partial charge in [0.05, 0.1) is 15.1 Å².